The molecule has 0 aromatic heterocycles. The van der Waals surface area contributed by atoms with Crippen molar-refractivity contribution < 1.29 is 19.4 Å². The highest BCUT2D eigenvalue weighted by molar-refractivity contribution is 5.89. The minimum Gasteiger partial charge on any atom is -0.478 e. The molecule has 1 aliphatic rings. The Bertz CT molecular complexity index is 1020. The number of amides is 1. The number of aromatic carboxylic acids is 1. The van der Waals surface area contributed by atoms with Gasteiger partial charge in [0.25, 0.3) is 0 Å². The van der Waals surface area contributed by atoms with Gasteiger partial charge < -0.3 is 14.7 Å². The van der Waals surface area contributed by atoms with E-state index in [1.54, 1.807) is 47.4 Å². The van der Waals surface area contributed by atoms with Gasteiger partial charge >= 0.3 is 12.1 Å². The van der Waals surface area contributed by atoms with E-state index < -0.39 is 17.5 Å². The summed E-state index contributed by atoms with van der Waals surface area (Å²) in [4.78, 5) is 25.8. The third-order valence-corrected chi connectivity index (χ3v) is 5.63. The number of benzene rings is 2. The minimum absolute atomic E-state index is 0.149. The lowest BCUT2D eigenvalue weighted by Crippen LogP contribution is -2.36. The molecule has 156 valence electrons. The van der Waals surface area contributed by atoms with Crippen molar-refractivity contribution >= 4 is 17.7 Å². The monoisotopic (exact) mass is 406 g/mol. The first-order chi connectivity index (χ1) is 14.0. The van der Waals surface area contributed by atoms with Crippen molar-refractivity contribution in [2.45, 2.75) is 27.7 Å². The highest BCUT2D eigenvalue weighted by Gasteiger charge is 2.47. The number of para-hydroxylation sites is 1. The summed E-state index contributed by atoms with van der Waals surface area (Å²) in [6.45, 7) is 12.6. The average molecular weight is 406 g/mol. The highest BCUT2D eigenvalue weighted by Crippen LogP contribution is 2.52. The number of nitrogens with one attached hydrogen (secondary N) is 1. The van der Waals surface area contributed by atoms with Gasteiger partial charge in [-0.25, -0.2) is 9.59 Å². The molecular weight excluding hydrogens is 380 g/mol. The summed E-state index contributed by atoms with van der Waals surface area (Å²) >= 11 is 0. The summed E-state index contributed by atoms with van der Waals surface area (Å²) in [6.07, 6.45) is 1.30. The minimum atomic E-state index is -1.03. The smallest absolute Gasteiger partial charge is 0.418 e. The number of carboxylic acids is 1. The maximum atomic E-state index is 12.6. The topological polar surface area (TPSA) is 78.9 Å². The van der Waals surface area contributed by atoms with Gasteiger partial charge in [-0.2, -0.15) is 0 Å². The Labute approximate surface area is 176 Å². The van der Waals surface area contributed by atoms with Gasteiger partial charge in [0.15, 0.2) is 0 Å². The van der Waals surface area contributed by atoms with Crippen LogP contribution in [-0.4, -0.2) is 17.2 Å². The van der Waals surface area contributed by atoms with E-state index >= 15 is 0 Å². The number of carbonyl (C=O) groups is 2. The van der Waals surface area contributed by atoms with E-state index in [1.807, 2.05) is 19.1 Å². The van der Waals surface area contributed by atoms with Crippen LogP contribution in [0.5, 0.6) is 5.75 Å². The molecule has 1 unspecified atom stereocenters. The van der Waals surface area contributed by atoms with Crippen LogP contribution >= 0.6 is 0 Å². The number of carbonyl (C=O) groups excluding carboxylic acids is 1. The molecule has 0 radical (unpaired) electrons. The number of carboxylic acid groups (broad SMARTS) is 1. The van der Waals surface area contributed by atoms with Crippen LogP contribution in [0.3, 0.4) is 0 Å². The van der Waals surface area contributed by atoms with Crippen molar-refractivity contribution in [3.8, 4) is 5.75 Å². The second kappa shape index (κ2) is 7.71. The number of nitrogens with zero attached hydrogens (tertiary/aromatic N) is 1. The quantitative estimate of drug-likeness (QED) is 0.711. The summed E-state index contributed by atoms with van der Waals surface area (Å²) in [5.74, 6) is -0.131. The third-order valence-electron chi connectivity index (χ3n) is 5.63. The molecule has 0 saturated carbocycles. The molecule has 2 aromatic rings. The molecule has 0 fully saturated rings. The van der Waals surface area contributed by atoms with E-state index in [2.05, 4.69) is 32.7 Å². The van der Waals surface area contributed by atoms with Gasteiger partial charge in [-0.05, 0) is 48.7 Å². The molecule has 6 nitrogen and oxygen atoms in total. The Kier molecular flexibility index (Phi) is 5.44. The molecule has 1 atom stereocenters. The van der Waals surface area contributed by atoms with Crippen LogP contribution in [0.4, 0.5) is 10.5 Å². The Balaban J connectivity index is 1.98. The zero-order valence-electron chi connectivity index (χ0n) is 17.6. The van der Waals surface area contributed by atoms with Gasteiger partial charge in [0, 0.05) is 16.8 Å². The zero-order chi connectivity index (χ0) is 22.1. The Hall–Kier alpha value is -3.54. The molecule has 6 heteroatoms. The van der Waals surface area contributed by atoms with Crippen molar-refractivity contribution in [3.05, 3.63) is 84.3 Å². The van der Waals surface area contributed by atoms with Crippen LogP contribution in [0.1, 0.15) is 38.1 Å². The first-order valence-corrected chi connectivity index (χ1v) is 9.62. The highest BCUT2D eigenvalue weighted by atomic mass is 16.6. The number of anilines is 1. The number of hydrogen-bond donors (Lipinski definition) is 2. The van der Waals surface area contributed by atoms with Crippen LogP contribution in [0, 0.1) is 10.8 Å². The zero-order valence-corrected chi connectivity index (χ0v) is 17.6. The van der Waals surface area contributed by atoms with Crippen LogP contribution in [-0.2, 0) is 0 Å². The van der Waals surface area contributed by atoms with Crippen molar-refractivity contribution in [1.82, 2.24) is 5.32 Å². The molecule has 1 amide bonds. The average Bonchev–Trinajstić information content (AvgIpc) is 2.93. The summed E-state index contributed by atoms with van der Waals surface area (Å²) in [5, 5.41) is 12.2. The van der Waals surface area contributed by atoms with E-state index in [9.17, 15) is 14.7 Å². The van der Waals surface area contributed by atoms with E-state index in [1.165, 1.54) is 6.07 Å². The van der Waals surface area contributed by atoms with Crippen LogP contribution < -0.4 is 15.0 Å². The standard InChI is InChI=1S/C24H26N2O4/c1-16-24(5,23(2,3)4)15-20(25-22(29)30-19-12-7-6-8-13-19)26(16)18-11-9-10-17(14-18)21(27)28/h6-15H,1H2,2-5H3,(H,25,29)(H,27,28). The summed E-state index contributed by atoms with van der Waals surface area (Å²) in [5.41, 5.74) is 0.781. The van der Waals surface area contributed by atoms with Gasteiger partial charge in [0.2, 0.25) is 0 Å². The normalized spacial score (nSPS) is 18.7. The predicted molar refractivity (Wildman–Crippen MR) is 116 cm³/mol. The molecule has 0 spiro atoms. The van der Waals surface area contributed by atoms with E-state index in [4.69, 9.17) is 4.74 Å². The fourth-order valence-corrected chi connectivity index (χ4v) is 3.34. The maximum Gasteiger partial charge on any atom is 0.418 e. The largest absolute Gasteiger partial charge is 0.478 e. The van der Waals surface area contributed by atoms with Gasteiger partial charge in [-0.3, -0.25) is 5.32 Å². The van der Waals surface area contributed by atoms with E-state index in [-0.39, 0.29) is 11.0 Å². The predicted octanol–water partition coefficient (Wildman–Crippen LogP) is 5.40. The number of ether oxygens (including phenoxy) is 1. The lowest BCUT2D eigenvalue weighted by molar-refractivity contribution is 0.0697. The number of rotatable bonds is 4. The Morgan fingerprint density at radius 1 is 1.10 bits per heavy atom. The molecule has 0 bridgehead atoms. The Morgan fingerprint density at radius 3 is 2.37 bits per heavy atom. The lowest BCUT2D eigenvalue weighted by atomic mass is 9.67. The molecule has 3 rings (SSSR count). The second-order valence-corrected chi connectivity index (χ2v) is 8.45. The van der Waals surface area contributed by atoms with Crippen molar-refractivity contribution in [3.63, 3.8) is 0 Å². The van der Waals surface area contributed by atoms with Gasteiger partial charge in [0.05, 0.1) is 5.56 Å². The lowest BCUT2D eigenvalue weighted by Gasteiger charge is -2.40. The molecule has 2 aromatic carbocycles. The molecule has 1 aliphatic heterocycles. The Morgan fingerprint density at radius 2 is 1.77 bits per heavy atom. The van der Waals surface area contributed by atoms with E-state index in [0.29, 0.717) is 17.3 Å². The van der Waals surface area contributed by atoms with Crippen molar-refractivity contribution in [1.29, 1.82) is 0 Å². The number of allylic oxidation sites excluding steroid dienone is 1. The number of hydrogen-bond acceptors (Lipinski definition) is 4. The van der Waals surface area contributed by atoms with Gasteiger partial charge in [-0.15, -0.1) is 0 Å². The molecular formula is C24H26N2O4. The third kappa shape index (κ3) is 3.94. The SMILES string of the molecule is C=C1N(c2cccc(C(=O)O)c2)C(NC(=O)Oc2ccccc2)=CC1(C)C(C)(C)C. The molecule has 0 aliphatic carbocycles. The molecule has 2 N–H and O–H groups in total. The summed E-state index contributed by atoms with van der Waals surface area (Å²) in [6, 6.07) is 15.3. The summed E-state index contributed by atoms with van der Waals surface area (Å²) in [7, 11) is 0. The van der Waals surface area contributed by atoms with Crippen molar-refractivity contribution in [2.75, 3.05) is 4.90 Å². The first-order valence-electron chi connectivity index (χ1n) is 9.62. The maximum absolute atomic E-state index is 12.6. The molecule has 1 heterocycles. The second-order valence-electron chi connectivity index (χ2n) is 8.45. The fraction of sp³-hybridized carbons (Fsp3) is 0.250. The van der Waals surface area contributed by atoms with E-state index in [0.717, 1.165) is 5.70 Å². The molecule has 0 saturated heterocycles. The van der Waals surface area contributed by atoms with Crippen LogP contribution in [0.15, 0.2) is 78.8 Å². The molecule has 30 heavy (non-hydrogen) atoms. The summed E-state index contributed by atoms with van der Waals surface area (Å²) < 4.78 is 5.37. The van der Waals surface area contributed by atoms with Gasteiger partial charge in [-0.1, -0.05) is 51.6 Å². The van der Waals surface area contributed by atoms with Crippen LogP contribution in [0.25, 0.3) is 0 Å². The first kappa shape index (κ1) is 21.2. The fourth-order valence-electron chi connectivity index (χ4n) is 3.34. The van der Waals surface area contributed by atoms with Crippen LogP contribution in [0.2, 0.25) is 0 Å². The van der Waals surface area contributed by atoms with Crippen molar-refractivity contribution in [2.24, 2.45) is 10.8 Å². The van der Waals surface area contributed by atoms with Gasteiger partial charge in [0.1, 0.15) is 11.6 Å².